The van der Waals surface area contributed by atoms with Crippen molar-refractivity contribution >= 4 is 18.0 Å². The molecule has 2 atom stereocenters. The Hall–Kier alpha value is -3.86. The van der Waals surface area contributed by atoms with E-state index < -0.39 is 29.4 Å². The van der Waals surface area contributed by atoms with E-state index in [0.717, 1.165) is 16.0 Å². The Labute approximate surface area is 179 Å². The molecule has 2 aromatic carbocycles. The molecular formula is C23H22N2O6. The zero-order chi connectivity index (χ0) is 22.6. The predicted molar refractivity (Wildman–Crippen MR) is 110 cm³/mol. The summed E-state index contributed by atoms with van der Waals surface area (Å²) in [4.78, 5) is 38.0. The van der Waals surface area contributed by atoms with Gasteiger partial charge in [-0.2, -0.15) is 5.26 Å². The van der Waals surface area contributed by atoms with Crippen LogP contribution >= 0.6 is 0 Å². The van der Waals surface area contributed by atoms with E-state index in [-0.39, 0.29) is 13.0 Å². The maximum absolute atomic E-state index is 12.7. The highest BCUT2D eigenvalue weighted by molar-refractivity contribution is 6.09. The van der Waals surface area contributed by atoms with Crippen LogP contribution in [-0.4, -0.2) is 49.7 Å². The van der Waals surface area contributed by atoms with Crippen molar-refractivity contribution in [3.05, 3.63) is 54.1 Å². The van der Waals surface area contributed by atoms with Gasteiger partial charge in [0.2, 0.25) is 5.91 Å². The monoisotopic (exact) mass is 422 g/mol. The quantitative estimate of drug-likeness (QED) is 0.538. The summed E-state index contributed by atoms with van der Waals surface area (Å²) in [6, 6.07) is 15.9. The number of imide groups is 1. The largest absolute Gasteiger partial charge is 0.491 e. The second-order valence-electron chi connectivity index (χ2n) is 7.35. The van der Waals surface area contributed by atoms with Crippen molar-refractivity contribution in [2.24, 2.45) is 5.41 Å². The number of amides is 2. The Morgan fingerprint density at radius 3 is 2.16 bits per heavy atom. The summed E-state index contributed by atoms with van der Waals surface area (Å²) in [6.45, 7) is 1.45. The van der Waals surface area contributed by atoms with Crippen molar-refractivity contribution in [3.8, 4) is 22.9 Å². The minimum atomic E-state index is -1.48. The average molecular weight is 422 g/mol. The van der Waals surface area contributed by atoms with Crippen LogP contribution < -0.4 is 4.74 Å². The molecule has 0 N–H and O–H groups in total. The highest BCUT2D eigenvalue weighted by atomic mass is 16.5. The van der Waals surface area contributed by atoms with Crippen molar-refractivity contribution < 1.29 is 28.6 Å². The van der Waals surface area contributed by atoms with E-state index in [4.69, 9.17) is 19.5 Å². The lowest BCUT2D eigenvalue weighted by molar-refractivity contribution is -0.157. The third kappa shape index (κ3) is 4.21. The van der Waals surface area contributed by atoms with Crippen molar-refractivity contribution in [3.63, 3.8) is 0 Å². The molecule has 8 heteroatoms. The second kappa shape index (κ2) is 8.88. The molecule has 1 aliphatic heterocycles. The SMILES string of the molecule is COC(=O)N1C(=O)[C@@](C)(C(=O)OC)C[C@H]1COc1ccc(-c2ccc(C#N)cc2)cc1. The number of nitriles is 1. The van der Waals surface area contributed by atoms with E-state index in [9.17, 15) is 14.4 Å². The van der Waals surface area contributed by atoms with Gasteiger partial charge in [0.25, 0.3) is 0 Å². The Bertz CT molecular complexity index is 1030. The van der Waals surface area contributed by atoms with Crippen LogP contribution in [0.3, 0.4) is 0 Å². The second-order valence-corrected chi connectivity index (χ2v) is 7.35. The van der Waals surface area contributed by atoms with Crippen molar-refractivity contribution in [1.82, 2.24) is 4.90 Å². The van der Waals surface area contributed by atoms with Gasteiger partial charge in [-0.3, -0.25) is 9.59 Å². The van der Waals surface area contributed by atoms with Crippen LogP contribution in [0.1, 0.15) is 18.9 Å². The Morgan fingerprint density at radius 1 is 1.06 bits per heavy atom. The highest BCUT2D eigenvalue weighted by Crippen LogP contribution is 2.38. The van der Waals surface area contributed by atoms with Gasteiger partial charge in [0.05, 0.1) is 31.9 Å². The maximum Gasteiger partial charge on any atom is 0.416 e. The van der Waals surface area contributed by atoms with Crippen LogP contribution in [0, 0.1) is 16.7 Å². The summed E-state index contributed by atoms with van der Waals surface area (Å²) < 4.78 is 15.3. The molecule has 31 heavy (non-hydrogen) atoms. The molecule has 0 saturated carbocycles. The fourth-order valence-corrected chi connectivity index (χ4v) is 3.61. The lowest BCUT2D eigenvalue weighted by atomic mass is 9.87. The molecule has 0 radical (unpaired) electrons. The van der Waals surface area contributed by atoms with Crippen LogP contribution in [0.2, 0.25) is 0 Å². The first kappa shape index (κ1) is 21.8. The Balaban J connectivity index is 1.72. The fraction of sp³-hybridized carbons (Fsp3) is 0.304. The van der Waals surface area contributed by atoms with Crippen LogP contribution in [0.25, 0.3) is 11.1 Å². The average Bonchev–Trinajstić information content (AvgIpc) is 3.07. The Kier molecular flexibility index (Phi) is 6.25. The summed E-state index contributed by atoms with van der Waals surface area (Å²) in [5, 5.41) is 8.90. The molecule has 0 spiro atoms. The van der Waals surface area contributed by atoms with Gasteiger partial charge < -0.3 is 14.2 Å². The molecule has 0 unspecified atom stereocenters. The predicted octanol–water partition coefficient (Wildman–Crippen LogP) is 3.15. The molecule has 1 aliphatic rings. The zero-order valence-corrected chi connectivity index (χ0v) is 17.5. The summed E-state index contributed by atoms with van der Waals surface area (Å²) in [7, 11) is 2.37. The smallest absolute Gasteiger partial charge is 0.416 e. The molecule has 0 bridgehead atoms. The number of hydrogen-bond donors (Lipinski definition) is 0. The fourth-order valence-electron chi connectivity index (χ4n) is 3.61. The number of carbonyl (C=O) groups is 3. The first-order chi connectivity index (χ1) is 14.8. The number of likely N-dealkylation sites (tertiary alicyclic amines) is 1. The molecule has 1 fully saturated rings. The van der Waals surface area contributed by atoms with E-state index in [2.05, 4.69) is 6.07 Å². The lowest BCUT2D eigenvalue weighted by Gasteiger charge is -2.21. The summed E-state index contributed by atoms with van der Waals surface area (Å²) in [5.41, 5.74) is 1.01. The number of ether oxygens (including phenoxy) is 3. The third-order valence-electron chi connectivity index (χ3n) is 5.35. The first-order valence-corrected chi connectivity index (χ1v) is 9.57. The lowest BCUT2D eigenvalue weighted by Crippen LogP contribution is -2.44. The molecular weight excluding hydrogens is 400 g/mol. The number of nitrogens with zero attached hydrogens (tertiary/aromatic N) is 2. The number of rotatable bonds is 5. The van der Waals surface area contributed by atoms with Gasteiger partial charge in [-0.25, -0.2) is 9.69 Å². The first-order valence-electron chi connectivity index (χ1n) is 9.57. The summed E-state index contributed by atoms with van der Waals surface area (Å²) in [5.74, 6) is -0.835. The minimum Gasteiger partial charge on any atom is -0.491 e. The van der Waals surface area contributed by atoms with Gasteiger partial charge in [-0.05, 0) is 48.7 Å². The molecule has 2 amide bonds. The number of benzene rings is 2. The van der Waals surface area contributed by atoms with Gasteiger partial charge in [-0.15, -0.1) is 0 Å². The topological polar surface area (TPSA) is 106 Å². The molecule has 8 nitrogen and oxygen atoms in total. The number of esters is 1. The van der Waals surface area contributed by atoms with Gasteiger partial charge in [-0.1, -0.05) is 24.3 Å². The van der Waals surface area contributed by atoms with E-state index in [1.54, 1.807) is 24.3 Å². The highest BCUT2D eigenvalue weighted by Gasteiger charge is 2.57. The van der Waals surface area contributed by atoms with E-state index in [1.807, 2.05) is 24.3 Å². The van der Waals surface area contributed by atoms with Gasteiger partial charge in [0, 0.05) is 0 Å². The molecule has 2 aromatic rings. The van der Waals surface area contributed by atoms with Crippen molar-refractivity contribution in [1.29, 1.82) is 5.26 Å². The van der Waals surface area contributed by atoms with E-state index >= 15 is 0 Å². The molecule has 0 aromatic heterocycles. The molecule has 0 aliphatic carbocycles. The van der Waals surface area contributed by atoms with Crippen LogP contribution in [0.4, 0.5) is 4.79 Å². The summed E-state index contributed by atoms with van der Waals surface area (Å²) in [6.07, 6.45) is -0.779. The van der Waals surface area contributed by atoms with Crippen LogP contribution in [0.15, 0.2) is 48.5 Å². The number of hydrogen-bond acceptors (Lipinski definition) is 7. The summed E-state index contributed by atoms with van der Waals surface area (Å²) >= 11 is 0. The molecule has 3 rings (SSSR count). The normalized spacial score (nSPS) is 20.1. The molecule has 1 saturated heterocycles. The number of carbonyl (C=O) groups excluding carboxylic acids is 3. The van der Waals surface area contributed by atoms with Crippen molar-refractivity contribution in [2.45, 2.75) is 19.4 Å². The van der Waals surface area contributed by atoms with Gasteiger partial charge >= 0.3 is 12.1 Å². The number of methoxy groups -OCH3 is 2. The van der Waals surface area contributed by atoms with Crippen LogP contribution in [0.5, 0.6) is 5.75 Å². The van der Waals surface area contributed by atoms with E-state index in [1.165, 1.54) is 21.1 Å². The van der Waals surface area contributed by atoms with E-state index in [0.29, 0.717) is 11.3 Å². The van der Waals surface area contributed by atoms with Gasteiger partial charge in [0.1, 0.15) is 17.8 Å². The maximum atomic E-state index is 12.7. The van der Waals surface area contributed by atoms with Crippen LogP contribution in [-0.2, 0) is 19.1 Å². The minimum absolute atomic E-state index is 0.00361. The molecule has 160 valence electrons. The van der Waals surface area contributed by atoms with Gasteiger partial charge in [0.15, 0.2) is 0 Å². The van der Waals surface area contributed by atoms with Crippen molar-refractivity contribution in [2.75, 3.05) is 20.8 Å². The molecule has 1 heterocycles. The zero-order valence-electron chi connectivity index (χ0n) is 17.5. The third-order valence-corrected chi connectivity index (χ3v) is 5.35. The Morgan fingerprint density at radius 2 is 1.65 bits per heavy atom. The standard InChI is InChI=1S/C23H22N2O6/c1-23(21(27)29-2)12-18(25(20(23)26)22(28)30-3)14-31-19-10-8-17(9-11-19)16-6-4-15(13-24)5-7-16/h4-11,18H,12,14H2,1-3H3/t18-,23-/m0/s1.